The summed E-state index contributed by atoms with van der Waals surface area (Å²) in [6.07, 6.45) is 0. The third kappa shape index (κ3) is 1.48. The molecule has 1 amide bonds. The fourth-order valence-electron chi connectivity index (χ4n) is 2.83. The minimum Gasteiger partial charge on any atom is -0.293 e. The molecule has 0 unspecified atom stereocenters. The highest BCUT2D eigenvalue weighted by Gasteiger charge is 2.41. The van der Waals surface area contributed by atoms with Gasteiger partial charge in [-0.25, -0.2) is 0 Å². The molecule has 0 saturated heterocycles. The predicted octanol–water partition coefficient (Wildman–Crippen LogP) is 3.28. The number of benzene rings is 2. The second-order valence-corrected chi connectivity index (χ2v) is 5.93. The Morgan fingerprint density at radius 3 is 2.50 bits per heavy atom. The van der Waals surface area contributed by atoms with E-state index >= 15 is 0 Å². The van der Waals surface area contributed by atoms with Crippen LogP contribution in [0.15, 0.2) is 48.5 Å². The molecule has 2 aliphatic heterocycles. The number of hydrogen-bond donors (Lipinski definition) is 0. The lowest BCUT2D eigenvalue weighted by atomic mass is 10.1. The molecule has 3 nitrogen and oxygen atoms in total. The van der Waals surface area contributed by atoms with E-state index in [4.69, 9.17) is 0 Å². The van der Waals surface area contributed by atoms with E-state index in [1.165, 1.54) is 11.8 Å². The molecular weight excluding hydrogens is 270 g/mol. The second kappa shape index (κ2) is 4.21. The van der Waals surface area contributed by atoms with E-state index in [0.29, 0.717) is 11.3 Å². The summed E-state index contributed by atoms with van der Waals surface area (Å²) in [4.78, 5) is 26.6. The van der Waals surface area contributed by atoms with Crippen LogP contribution in [-0.4, -0.2) is 17.4 Å². The summed E-state index contributed by atoms with van der Waals surface area (Å²) < 4.78 is 0. The van der Waals surface area contributed by atoms with Crippen molar-refractivity contribution in [1.82, 2.24) is 0 Å². The van der Waals surface area contributed by atoms with E-state index in [1.807, 2.05) is 42.5 Å². The van der Waals surface area contributed by atoms with Crippen molar-refractivity contribution in [1.29, 1.82) is 0 Å². The lowest BCUT2D eigenvalue weighted by molar-refractivity contribution is 0.0996. The zero-order valence-corrected chi connectivity index (χ0v) is 11.4. The Bertz CT molecular complexity index is 741. The maximum atomic E-state index is 12.7. The number of carbonyl (C=O) groups is 2. The third-order valence-electron chi connectivity index (χ3n) is 3.75. The Labute approximate surface area is 120 Å². The number of para-hydroxylation sites is 1. The van der Waals surface area contributed by atoms with Crippen LogP contribution in [0.2, 0.25) is 0 Å². The van der Waals surface area contributed by atoms with E-state index in [-0.39, 0.29) is 17.1 Å². The van der Waals surface area contributed by atoms with Crippen LogP contribution in [0.4, 0.5) is 5.69 Å². The third-order valence-corrected chi connectivity index (χ3v) is 4.96. The summed E-state index contributed by atoms with van der Waals surface area (Å²) in [5, 5.41) is -0.0914. The molecule has 0 spiro atoms. The van der Waals surface area contributed by atoms with E-state index < -0.39 is 0 Å². The van der Waals surface area contributed by atoms with Crippen LogP contribution in [0.25, 0.3) is 0 Å². The molecule has 2 aromatic rings. The highest BCUT2D eigenvalue weighted by Crippen LogP contribution is 2.47. The largest absolute Gasteiger partial charge is 0.293 e. The molecule has 20 heavy (non-hydrogen) atoms. The van der Waals surface area contributed by atoms with Crippen LogP contribution in [0.3, 0.4) is 0 Å². The SMILES string of the molecule is O=C1CS[C@@H]2c3ccccc3C(=O)N2c2ccccc21. The highest BCUT2D eigenvalue weighted by molar-refractivity contribution is 8.00. The lowest BCUT2D eigenvalue weighted by Gasteiger charge is -2.23. The van der Waals surface area contributed by atoms with Crippen LogP contribution in [-0.2, 0) is 0 Å². The van der Waals surface area contributed by atoms with Gasteiger partial charge in [0.1, 0.15) is 5.37 Å². The number of nitrogens with zero attached hydrogens (tertiary/aromatic N) is 1. The quantitative estimate of drug-likeness (QED) is 0.743. The van der Waals surface area contributed by atoms with Crippen molar-refractivity contribution >= 4 is 29.1 Å². The topological polar surface area (TPSA) is 37.4 Å². The molecule has 0 bridgehead atoms. The molecule has 2 aromatic carbocycles. The highest BCUT2D eigenvalue weighted by atomic mass is 32.2. The van der Waals surface area contributed by atoms with Gasteiger partial charge in [0, 0.05) is 11.1 Å². The number of rotatable bonds is 0. The molecule has 4 heteroatoms. The second-order valence-electron chi connectivity index (χ2n) is 4.87. The monoisotopic (exact) mass is 281 g/mol. The number of thioether (sulfide) groups is 1. The first-order valence-electron chi connectivity index (χ1n) is 6.43. The van der Waals surface area contributed by atoms with Crippen LogP contribution < -0.4 is 4.90 Å². The molecule has 0 aromatic heterocycles. The number of fused-ring (bicyclic) bond motifs is 5. The van der Waals surface area contributed by atoms with Crippen molar-refractivity contribution < 1.29 is 9.59 Å². The lowest BCUT2D eigenvalue weighted by Crippen LogP contribution is -2.26. The maximum absolute atomic E-state index is 12.7. The summed E-state index contributed by atoms with van der Waals surface area (Å²) in [5.41, 5.74) is 3.12. The molecule has 0 N–H and O–H groups in total. The van der Waals surface area contributed by atoms with Crippen molar-refractivity contribution in [2.45, 2.75) is 5.37 Å². The van der Waals surface area contributed by atoms with Gasteiger partial charge in [-0.1, -0.05) is 30.3 Å². The first-order chi connectivity index (χ1) is 9.77. The molecule has 2 aliphatic rings. The first-order valence-corrected chi connectivity index (χ1v) is 7.48. The van der Waals surface area contributed by atoms with Crippen molar-refractivity contribution in [2.24, 2.45) is 0 Å². The number of Topliss-reactive ketones (excluding diaryl/α,β-unsaturated/α-hetero) is 1. The normalized spacial score (nSPS) is 20.2. The first kappa shape index (κ1) is 11.7. The fraction of sp³-hybridized carbons (Fsp3) is 0.125. The van der Waals surface area contributed by atoms with Gasteiger partial charge in [-0.3, -0.25) is 14.5 Å². The fourth-order valence-corrected chi connectivity index (χ4v) is 4.04. The van der Waals surface area contributed by atoms with Gasteiger partial charge in [0.2, 0.25) is 0 Å². The summed E-state index contributed by atoms with van der Waals surface area (Å²) in [6.45, 7) is 0. The minimum atomic E-state index is -0.0914. The summed E-state index contributed by atoms with van der Waals surface area (Å²) in [5.74, 6) is 0.477. The molecule has 1 atom stereocenters. The Hall–Kier alpha value is -2.07. The summed E-state index contributed by atoms with van der Waals surface area (Å²) in [6, 6.07) is 15.0. The average Bonchev–Trinajstić information content (AvgIpc) is 2.68. The summed E-state index contributed by atoms with van der Waals surface area (Å²) in [7, 11) is 0. The summed E-state index contributed by atoms with van der Waals surface area (Å²) >= 11 is 1.52. The molecule has 4 rings (SSSR count). The molecule has 98 valence electrons. The van der Waals surface area contributed by atoms with Gasteiger partial charge in [-0.15, -0.1) is 11.8 Å². The molecule has 0 radical (unpaired) electrons. The van der Waals surface area contributed by atoms with Gasteiger partial charge in [-0.2, -0.15) is 0 Å². The smallest absolute Gasteiger partial charge is 0.259 e. The number of ketones is 1. The molecule has 0 saturated carbocycles. The zero-order chi connectivity index (χ0) is 13.7. The van der Waals surface area contributed by atoms with Crippen molar-refractivity contribution in [3.8, 4) is 0 Å². The van der Waals surface area contributed by atoms with Crippen molar-refractivity contribution in [3.05, 3.63) is 65.2 Å². The van der Waals surface area contributed by atoms with E-state index in [2.05, 4.69) is 0 Å². The van der Waals surface area contributed by atoms with Crippen LogP contribution in [0.5, 0.6) is 0 Å². The number of anilines is 1. The molecule has 2 heterocycles. The van der Waals surface area contributed by atoms with E-state index in [9.17, 15) is 9.59 Å². The van der Waals surface area contributed by atoms with Gasteiger partial charge in [0.25, 0.3) is 5.91 Å². The van der Waals surface area contributed by atoms with Crippen molar-refractivity contribution in [2.75, 3.05) is 10.7 Å². The Morgan fingerprint density at radius 2 is 1.65 bits per heavy atom. The minimum absolute atomic E-state index is 0.0137. The van der Waals surface area contributed by atoms with Gasteiger partial charge in [0.05, 0.1) is 11.4 Å². The molecular formula is C16H11NO2S. The van der Waals surface area contributed by atoms with Crippen LogP contribution >= 0.6 is 11.8 Å². The number of amides is 1. The predicted molar refractivity (Wildman–Crippen MR) is 79.2 cm³/mol. The van der Waals surface area contributed by atoms with Crippen molar-refractivity contribution in [3.63, 3.8) is 0 Å². The van der Waals surface area contributed by atoms with Crippen LogP contribution in [0.1, 0.15) is 31.7 Å². The number of hydrogen-bond acceptors (Lipinski definition) is 3. The zero-order valence-electron chi connectivity index (χ0n) is 10.6. The maximum Gasteiger partial charge on any atom is 0.259 e. The molecule has 0 aliphatic carbocycles. The van der Waals surface area contributed by atoms with Gasteiger partial charge >= 0.3 is 0 Å². The standard InChI is InChI=1S/C16H11NO2S/c18-14-9-20-16-11-6-2-1-5-10(11)15(19)17(16)13-8-4-3-7-12(13)14/h1-8,16H,9H2/t16-/m1/s1. The van der Waals surface area contributed by atoms with Gasteiger partial charge in [0.15, 0.2) is 5.78 Å². The van der Waals surface area contributed by atoms with Gasteiger partial charge in [-0.05, 0) is 23.8 Å². The van der Waals surface area contributed by atoms with Gasteiger partial charge < -0.3 is 0 Å². The van der Waals surface area contributed by atoms with E-state index in [1.54, 1.807) is 11.0 Å². The molecule has 0 fully saturated rings. The number of carbonyl (C=O) groups excluding carboxylic acids is 2. The Kier molecular flexibility index (Phi) is 2.47. The Balaban J connectivity index is 1.95. The van der Waals surface area contributed by atoms with Crippen LogP contribution in [0, 0.1) is 0 Å². The Morgan fingerprint density at radius 1 is 0.950 bits per heavy atom. The average molecular weight is 281 g/mol. The van der Waals surface area contributed by atoms with E-state index in [0.717, 1.165) is 16.8 Å².